The highest BCUT2D eigenvalue weighted by molar-refractivity contribution is 5.99. The summed E-state index contributed by atoms with van der Waals surface area (Å²) in [6.07, 6.45) is -3.87. The summed E-state index contributed by atoms with van der Waals surface area (Å²) in [5, 5.41) is 39.2. The van der Waals surface area contributed by atoms with Crippen molar-refractivity contribution in [3.63, 3.8) is 0 Å². The van der Waals surface area contributed by atoms with Gasteiger partial charge in [0.2, 0.25) is 6.29 Å². The second-order valence-electron chi connectivity index (χ2n) is 6.04. The number of benzene rings is 1. The number of methoxy groups -OCH3 is 1. The number of hydrogen-bond acceptors (Lipinski definition) is 8. The molecule has 0 fully saturated rings. The van der Waals surface area contributed by atoms with Crippen molar-refractivity contribution in [1.82, 2.24) is 4.98 Å². The van der Waals surface area contributed by atoms with Gasteiger partial charge in [0.15, 0.2) is 5.78 Å². The smallest absolute Gasteiger partial charge is 0.228 e. The summed E-state index contributed by atoms with van der Waals surface area (Å²) in [6.45, 7) is 1.31. The summed E-state index contributed by atoms with van der Waals surface area (Å²) < 4.78 is 10.4. The summed E-state index contributed by atoms with van der Waals surface area (Å²) in [6, 6.07) is 9.25. The Morgan fingerprint density at radius 3 is 2.44 bits per heavy atom. The van der Waals surface area contributed by atoms with Crippen molar-refractivity contribution in [1.29, 1.82) is 0 Å². The van der Waals surface area contributed by atoms with E-state index in [0.29, 0.717) is 5.69 Å². The van der Waals surface area contributed by atoms with Gasteiger partial charge in [-0.3, -0.25) is 9.78 Å². The molecular weight excluding hydrogens is 354 g/mol. The Morgan fingerprint density at radius 2 is 1.89 bits per heavy atom. The lowest BCUT2D eigenvalue weighted by atomic mass is 10.0. The van der Waals surface area contributed by atoms with Gasteiger partial charge in [0, 0.05) is 25.1 Å². The number of rotatable bonds is 9. The first-order valence-electron chi connectivity index (χ1n) is 8.33. The highest BCUT2D eigenvalue weighted by Crippen LogP contribution is 2.26. The van der Waals surface area contributed by atoms with E-state index in [1.165, 1.54) is 32.2 Å². The monoisotopic (exact) mass is 377 g/mol. The number of aliphatic hydroxyl groups excluding tert-OH is 3. The van der Waals surface area contributed by atoms with Gasteiger partial charge < -0.3 is 29.9 Å². The molecule has 0 saturated carbocycles. The van der Waals surface area contributed by atoms with E-state index in [0.717, 1.165) is 0 Å². The summed E-state index contributed by atoms with van der Waals surface area (Å²) in [7, 11) is 1.26. The summed E-state index contributed by atoms with van der Waals surface area (Å²) in [5.41, 5.74) is 0.684. The number of aromatic hydroxyl groups is 1. The van der Waals surface area contributed by atoms with Crippen LogP contribution in [0.3, 0.4) is 0 Å². The fourth-order valence-electron chi connectivity index (χ4n) is 2.42. The first-order chi connectivity index (χ1) is 12.8. The van der Waals surface area contributed by atoms with E-state index in [9.17, 15) is 25.2 Å². The molecule has 8 nitrogen and oxygen atoms in total. The Labute approximate surface area is 156 Å². The van der Waals surface area contributed by atoms with E-state index in [4.69, 9.17) is 9.47 Å². The van der Waals surface area contributed by atoms with Crippen LogP contribution in [-0.4, -0.2) is 62.9 Å². The number of aromatic nitrogens is 1. The van der Waals surface area contributed by atoms with Crippen LogP contribution in [0.1, 0.15) is 23.0 Å². The molecule has 0 bridgehead atoms. The van der Waals surface area contributed by atoms with Gasteiger partial charge in [-0.1, -0.05) is 6.07 Å². The molecule has 4 N–H and O–H groups in total. The zero-order chi connectivity index (χ0) is 20.0. The van der Waals surface area contributed by atoms with E-state index in [1.807, 2.05) is 0 Å². The van der Waals surface area contributed by atoms with Gasteiger partial charge in [-0.15, -0.1) is 0 Å². The molecule has 8 heteroatoms. The van der Waals surface area contributed by atoms with E-state index in [1.54, 1.807) is 24.4 Å². The lowest BCUT2D eigenvalue weighted by molar-refractivity contribution is -0.176. The van der Waals surface area contributed by atoms with E-state index >= 15 is 0 Å². The minimum Gasteiger partial charge on any atom is -0.507 e. The van der Waals surface area contributed by atoms with Gasteiger partial charge >= 0.3 is 0 Å². The number of carbonyl (C=O) groups excluding carboxylic acids is 1. The molecule has 0 radical (unpaired) electrons. The Balaban J connectivity index is 2.10. The first-order valence-corrected chi connectivity index (χ1v) is 8.33. The van der Waals surface area contributed by atoms with Gasteiger partial charge in [-0.25, -0.2) is 0 Å². The minimum absolute atomic E-state index is 0.0363. The molecule has 4 atom stereocenters. The molecule has 0 saturated heterocycles. The second kappa shape index (κ2) is 9.43. The molecule has 0 aliphatic rings. The zero-order valence-electron chi connectivity index (χ0n) is 15.0. The number of nitrogens with zero attached hydrogens (tertiary/aromatic N) is 1. The van der Waals surface area contributed by atoms with Crippen molar-refractivity contribution in [3.05, 3.63) is 53.9 Å². The fourth-order valence-corrected chi connectivity index (χ4v) is 2.42. The molecule has 0 unspecified atom stereocenters. The van der Waals surface area contributed by atoms with Gasteiger partial charge in [0.25, 0.3) is 0 Å². The number of phenolic OH excluding ortho intramolecular Hbond substituents is 1. The molecule has 146 valence electrons. The van der Waals surface area contributed by atoms with Crippen molar-refractivity contribution in [2.24, 2.45) is 0 Å². The molecule has 1 aromatic heterocycles. The third-order valence-electron chi connectivity index (χ3n) is 3.94. The average molecular weight is 377 g/mol. The highest BCUT2D eigenvalue weighted by Gasteiger charge is 2.31. The van der Waals surface area contributed by atoms with Crippen molar-refractivity contribution in [2.45, 2.75) is 37.9 Å². The van der Waals surface area contributed by atoms with Crippen molar-refractivity contribution in [2.75, 3.05) is 7.11 Å². The van der Waals surface area contributed by atoms with Crippen LogP contribution in [0, 0.1) is 0 Å². The maximum atomic E-state index is 12.3. The quantitative estimate of drug-likeness (QED) is 0.371. The van der Waals surface area contributed by atoms with Crippen LogP contribution in [0.5, 0.6) is 11.5 Å². The van der Waals surface area contributed by atoms with Gasteiger partial charge in [0.1, 0.15) is 23.7 Å². The maximum absolute atomic E-state index is 12.3. The summed E-state index contributed by atoms with van der Waals surface area (Å²) >= 11 is 0. The number of carbonyl (C=O) groups is 1. The number of aliphatic hydroxyl groups is 3. The van der Waals surface area contributed by atoms with Crippen molar-refractivity contribution in [3.8, 4) is 11.5 Å². The third-order valence-corrected chi connectivity index (χ3v) is 3.94. The average Bonchev–Trinajstić information content (AvgIpc) is 2.65. The molecule has 2 rings (SSSR count). The van der Waals surface area contributed by atoms with E-state index < -0.39 is 24.6 Å². The van der Waals surface area contributed by atoms with Crippen LogP contribution < -0.4 is 4.74 Å². The SMILES string of the molecule is CO[C@@H](Oc1ccc(C(=O)Cc2ccccn2)c(O)c1)[C@@H](O)[C@H](O)[C@@H](C)O. The normalized spacial score (nSPS) is 15.6. The van der Waals surface area contributed by atoms with Crippen LogP contribution in [0.15, 0.2) is 42.6 Å². The van der Waals surface area contributed by atoms with E-state index in [-0.39, 0.29) is 29.3 Å². The number of ether oxygens (including phenoxy) is 2. The van der Waals surface area contributed by atoms with Crippen LogP contribution >= 0.6 is 0 Å². The zero-order valence-corrected chi connectivity index (χ0v) is 15.0. The van der Waals surface area contributed by atoms with Gasteiger partial charge in [0.05, 0.1) is 18.1 Å². The predicted molar refractivity (Wildman–Crippen MR) is 95.5 cm³/mol. The van der Waals surface area contributed by atoms with Gasteiger partial charge in [-0.2, -0.15) is 0 Å². The molecule has 1 heterocycles. The van der Waals surface area contributed by atoms with Crippen LogP contribution in [0.25, 0.3) is 0 Å². The molecule has 0 aliphatic heterocycles. The second-order valence-corrected chi connectivity index (χ2v) is 6.04. The molecule has 0 spiro atoms. The van der Waals surface area contributed by atoms with Crippen molar-refractivity contribution >= 4 is 5.78 Å². The molecule has 0 amide bonds. The largest absolute Gasteiger partial charge is 0.507 e. The molecule has 27 heavy (non-hydrogen) atoms. The van der Waals surface area contributed by atoms with E-state index in [2.05, 4.69) is 4.98 Å². The fraction of sp³-hybridized carbons (Fsp3) is 0.368. The van der Waals surface area contributed by atoms with Crippen molar-refractivity contribution < 1.29 is 34.7 Å². The molecular formula is C19H23NO7. The lowest BCUT2D eigenvalue weighted by Crippen LogP contribution is -2.46. The summed E-state index contributed by atoms with van der Waals surface area (Å²) in [5.74, 6) is -0.495. The lowest BCUT2D eigenvalue weighted by Gasteiger charge is -2.27. The number of pyridine rings is 1. The van der Waals surface area contributed by atoms with Gasteiger partial charge in [-0.05, 0) is 31.2 Å². The number of ketones is 1. The predicted octanol–water partition coefficient (Wildman–Crippen LogP) is 0.666. The number of hydrogen-bond donors (Lipinski definition) is 4. The van der Waals surface area contributed by atoms with Crippen LogP contribution in [0.2, 0.25) is 0 Å². The maximum Gasteiger partial charge on any atom is 0.228 e. The number of phenols is 1. The summed E-state index contributed by atoms with van der Waals surface area (Å²) in [4.78, 5) is 16.4. The topological polar surface area (TPSA) is 129 Å². The Morgan fingerprint density at radius 1 is 1.15 bits per heavy atom. The highest BCUT2D eigenvalue weighted by atomic mass is 16.7. The molecule has 0 aliphatic carbocycles. The Bertz CT molecular complexity index is 751. The first kappa shape index (κ1) is 20.8. The molecule has 2 aromatic rings. The standard InChI is InChI=1S/C19H23NO7/c1-11(21)17(24)18(25)19(26-2)27-13-6-7-14(16(23)10-13)15(22)9-12-5-3-4-8-20-12/h3-8,10-11,17-19,21,23-25H,9H2,1-2H3/t11-,17-,18+,19+/m1/s1. The Kier molecular flexibility index (Phi) is 7.26. The third kappa shape index (κ3) is 5.48. The molecule has 1 aromatic carbocycles. The minimum atomic E-state index is -1.53. The van der Waals surface area contributed by atoms with Crippen LogP contribution in [0.4, 0.5) is 0 Å². The number of Topliss-reactive ketones (excluding diaryl/α,β-unsaturated/α-hetero) is 1. The Hall–Kier alpha value is -2.52. The van der Waals surface area contributed by atoms with Crippen LogP contribution in [-0.2, 0) is 11.2 Å².